The van der Waals surface area contributed by atoms with E-state index in [-0.39, 0.29) is 5.96 Å². The monoisotopic (exact) mass is 161 g/mol. The van der Waals surface area contributed by atoms with Gasteiger partial charge in [0.1, 0.15) is 0 Å². The number of guanidine groups is 1. The number of thiol groups is 1. The SMILES string of the molecule is CC(S)CCCN=C(N)N. The van der Waals surface area contributed by atoms with Gasteiger partial charge < -0.3 is 11.5 Å². The molecule has 0 aliphatic carbocycles. The normalized spacial score (nSPS) is 12.6. The maximum atomic E-state index is 5.12. The van der Waals surface area contributed by atoms with E-state index in [4.69, 9.17) is 11.5 Å². The highest BCUT2D eigenvalue weighted by atomic mass is 32.1. The molecule has 0 aliphatic heterocycles. The van der Waals surface area contributed by atoms with E-state index in [2.05, 4.69) is 24.5 Å². The number of hydrogen-bond donors (Lipinski definition) is 3. The molecule has 0 heterocycles. The van der Waals surface area contributed by atoms with Crippen LogP contribution in [0.25, 0.3) is 0 Å². The maximum absolute atomic E-state index is 5.12. The van der Waals surface area contributed by atoms with Crippen LogP contribution in [0.15, 0.2) is 4.99 Å². The van der Waals surface area contributed by atoms with Crippen LogP contribution >= 0.6 is 12.6 Å². The van der Waals surface area contributed by atoms with Crippen molar-refractivity contribution >= 4 is 18.6 Å². The highest BCUT2D eigenvalue weighted by molar-refractivity contribution is 7.80. The van der Waals surface area contributed by atoms with E-state index in [1.165, 1.54) is 0 Å². The van der Waals surface area contributed by atoms with Crippen LogP contribution in [0.3, 0.4) is 0 Å². The molecule has 0 saturated heterocycles. The molecule has 0 rings (SSSR count). The van der Waals surface area contributed by atoms with Gasteiger partial charge in [-0.2, -0.15) is 12.6 Å². The lowest BCUT2D eigenvalue weighted by atomic mass is 10.2. The zero-order valence-corrected chi connectivity index (χ0v) is 7.14. The van der Waals surface area contributed by atoms with Crippen molar-refractivity contribution in [2.75, 3.05) is 6.54 Å². The van der Waals surface area contributed by atoms with Crippen molar-refractivity contribution < 1.29 is 0 Å². The molecule has 0 spiro atoms. The summed E-state index contributed by atoms with van der Waals surface area (Å²) in [6, 6.07) is 0. The fourth-order valence-electron chi connectivity index (χ4n) is 0.595. The zero-order valence-electron chi connectivity index (χ0n) is 6.25. The van der Waals surface area contributed by atoms with Gasteiger partial charge in [-0.05, 0) is 18.1 Å². The summed E-state index contributed by atoms with van der Waals surface area (Å²) in [5.74, 6) is 0.173. The van der Waals surface area contributed by atoms with Crippen LogP contribution in [0.2, 0.25) is 0 Å². The topological polar surface area (TPSA) is 64.4 Å². The molecule has 4 N–H and O–H groups in total. The van der Waals surface area contributed by atoms with Gasteiger partial charge in [0.15, 0.2) is 5.96 Å². The molecule has 0 saturated carbocycles. The Hall–Kier alpha value is -0.380. The van der Waals surface area contributed by atoms with Gasteiger partial charge in [-0.3, -0.25) is 4.99 Å². The molecule has 1 atom stereocenters. The van der Waals surface area contributed by atoms with Crippen molar-refractivity contribution in [3.8, 4) is 0 Å². The molecule has 0 radical (unpaired) electrons. The summed E-state index contributed by atoms with van der Waals surface area (Å²) in [4.78, 5) is 3.83. The van der Waals surface area contributed by atoms with Crippen molar-refractivity contribution in [2.45, 2.75) is 25.0 Å². The minimum Gasteiger partial charge on any atom is -0.370 e. The molecule has 1 unspecified atom stereocenters. The van der Waals surface area contributed by atoms with Crippen LogP contribution in [0.4, 0.5) is 0 Å². The third kappa shape index (κ3) is 7.62. The molecule has 10 heavy (non-hydrogen) atoms. The van der Waals surface area contributed by atoms with Crippen LogP contribution in [0.1, 0.15) is 19.8 Å². The maximum Gasteiger partial charge on any atom is 0.185 e. The summed E-state index contributed by atoms with van der Waals surface area (Å²) in [7, 11) is 0. The van der Waals surface area contributed by atoms with Crippen LogP contribution < -0.4 is 11.5 Å². The van der Waals surface area contributed by atoms with Gasteiger partial charge in [0.25, 0.3) is 0 Å². The van der Waals surface area contributed by atoms with Crippen molar-refractivity contribution in [2.24, 2.45) is 16.5 Å². The van der Waals surface area contributed by atoms with Gasteiger partial charge in [0, 0.05) is 6.54 Å². The smallest absolute Gasteiger partial charge is 0.185 e. The van der Waals surface area contributed by atoms with E-state index >= 15 is 0 Å². The summed E-state index contributed by atoms with van der Waals surface area (Å²) < 4.78 is 0. The molecule has 60 valence electrons. The first-order chi connectivity index (χ1) is 4.63. The Balaban J connectivity index is 3.13. The first-order valence-corrected chi connectivity index (χ1v) is 3.88. The first-order valence-electron chi connectivity index (χ1n) is 3.36. The lowest BCUT2D eigenvalue weighted by Crippen LogP contribution is -2.23. The molecule has 0 aromatic heterocycles. The van der Waals surface area contributed by atoms with Gasteiger partial charge in [0.05, 0.1) is 0 Å². The van der Waals surface area contributed by atoms with E-state index in [0.717, 1.165) is 12.8 Å². The van der Waals surface area contributed by atoms with E-state index < -0.39 is 0 Å². The number of aliphatic imine (C=N–C) groups is 1. The second-order valence-corrected chi connectivity index (χ2v) is 3.18. The summed E-state index contributed by atoms with van der Waals surface area (Å²) >= 11 is 4.21. The van der Waals surface area contributed by atoms with Gasteiger partial charge in [-0.1, -0.05) is 6.92 Å². The predicted octanol–water partition coefficient (Wildman–Crippen LogP) is 0.358. The third-order valence-electron chi connectivity index (χ3n) is 1.07. The van der Waals surface area contributed by atoms with Gasteiger partial charge in [0.2, 0.25) is 0 Å². The van der Waals surface area contributed by atoms with Crippen LogP contribution in [0.5, 0.6) is 0 Å². The lowest BCUT2D eigenvalue weighted by molar-refractivity contribution is 0.742. The largest absolute Gasteiger partial charge is 0.370 e. The Labute approximate surface area is 67.3 Å². The summed E-state index contributed by atoms with van der Waals surface area (Å²) in [6.45, 7) is 2.77. The molecule has 0 amide bonds. The second kappa shape index (κ2) is 5.41. The van der Waals surface area contributed by atoms with Gasteiger partial charge >= 0.3 is 0 Å². The number of nitrogens with zero attached hydrogens (tertiary/aromatic N) is 1. The molecular formula is C6H15N3S. The van der Waals surface area contributed by atoms with Crippen LogP contribution in [-0.4, -0.2) is 17.8 Å². The van der Waals surface area contributed by atoms with Crippen LogP contribution in [-0.2, 0) is 0 Å². The van der Waals surface area contributed by atoms with E-state index in [1.54, 1.807) is 0 Å². The third-order valence-corrected chi connectivity index (χ3v) is 1.33. The highest BCUT2D eigenvalue weighted by Gasteiger charge is 1.92. The highest BCUT2D eigenvalue weighted by Crippen LogP contribution is 2.02. The first kappa shape index (κ1) is 9.62. The predicted molar refractivity (Wildman–Crippen MR) is 48.4 cm³/mol. The fourth-order valence-corrected chi connectivity index (χ4v) is 0.777. The van der Waals surface area contributed by atoms with E-state index in [9.17, 15) is 0 Å². The molecule has 0 bridgehead atoms. The Morgan fingerprint density at radius 3 is 2.60 bits per heavy atom. The van der Waals surface area contributed by atoms with Crippen molar-refractivity contribution in [1.29, 1.82) is 0 Å². The van der Waals surface area contributed by atoms with Crippen molar-refractivity contribution in [3.05, 3.63) is 0 Å². The average Bonchev–Trinajstić information content (AvgIpc) is 1.79. The van der Waals surface area contributed by atoms with Crippen molar-refractivity contribution in [3.63, 3.8) is 0 Å². The minimum absolute atomic E-state index is 0.173. The molecule has 4 heteroatoms. The van der Waals surface area contributed by atoms with Gasteiger partial charge in [-0.15, -0.1) is 0 Å². The zero-order chi connectivity index (χ0) is 7.98. The second-order valence-electron chi connectivity index (χ2n) is 2.30. The van der Waals surface area contributed by atoms with E-state index in [1.807, 2.05) is 0 Å². The Kier molecular flexibility index (Phi) is 5.20. The molecular weight excluding hydrogens is 146 g/mol. The van der Waals surface area contributed by atoms with Crippen molar-refractivity contribution in [1.82, 2.24) is 0 Å². The average molecular weight is 161 g/mol. The fraction of sp³-hybridized carbons (Fsp3) is 0.833. The minimum atomic E-state index is 0.173. The quantitative estimate of drug-likeness (QED) is 0.241. The summed E-state index contributed by atoms with van der Waals surface area (Å²) in [5.41, 5.74) is 10.2. The molecule has 0 aromatic rings. The standard InChI is InChI=1S/C6H15N3S/c1-5(10)3-2-4-9-6(7)8/h5,10H,2-4H2,1H3,(H4,7,8,9). The Morgan fingerprint density at radius 1 is 1.60 bits per heavy atom. The summed E-state index contributed by atoms with van der Waals surface area (Å²) in [6.07, 6.45) is 2.06. The summed E-state index contributed by atoms with van der Waals surface area (Å²) in [5, 5.41) is 0.439. The van der Waals surface area contributed by atoms with Crippen LogP contribution in [0, 0.1) is 0 Å². The molecule has 0 aliphatic rings. The molecule has 0 aromatic carbocycles. The lowest BCUT2D eigenvalue weighted by Gasteiger charge is -1.99. The Morgan fingerprint density at radius 2 is 2.20 bits per heavy atom. The molecule has 0 fully saturated rings. The number of rotatable bonds is 4. The Bertz CT molecular complexity index is 108. The number of hydrogen-bond acceptors (Lipinski definition) is 2. The van der Waals surface area contributed by atoms with Gasteiger partial charge in [-0.25, -0.2) is 0 Å². The molecule has 3 nitrogen and oxygen atoms in total. The van der Waals surface area contributed by atoms with E-state index in [0.29, 0.717) is 11.8 Å². The number of nitrogens with two attached hydrogens (primary N) is 2.